The summed E-state index contributed by atoms with van der Waals surface area (Å²) in [4.78, 5) is 11.6. The largest absolute Gasteiger partial charge is 0.338 e. The number of rotatable bonds is 1. The molecule has 0 unspecified atom stereocenters. The van der Waals surface area contributed by atoms with Crippen molar-refractivity contribution in [3.8, 4) is 0 Å². The highest BCUT2D eigenvalue weighted by Gasteiger charge is 2.34. The second-order valence-corrected chi connectivity index (χ2v) is 4.89. The van der Waals surface area contributed by atoms with Crippen LogP contribution < -0.4 is 15.8 Å². The van der Waals surface area contributed by atoms with Crippen LogP contribution in [-0.4, -0.2) is 11.7 Å². The van der Waals surface area contributed by atoms with Crippen molar-refractivity contribution in [3.63, 3.8) is 0 Å². The molecule has 1 aliphatic rings. The zero-order chi connectivity index (χ0) is 11.1. The molecule has 0 spiro atoms. The van der Waals surface area contributed by atoms with E-state index in [1.165, 1.54) is 5.01 Å². The molecule has 4 nitrogen and oxygen atoms in total. The summed E-state index contributed by atoms with van der Waals surface area (Å²) in [6.07, 6.45) is 0. The topological polar surface area (TPSA) is 44.4 Å². The average Bonchev–Trinajstić information content (AvgIpc) is 2.41. The van der Waals surface area contributed by atoms with Crippen LogP contribution in [0.25, 0.3) is 0 Å². The van der Waals surface area contributed by atoms with Gasteiger partial charge in [0.05, 0.1) is 5.69 Å². The molecule has 0 atom stereocenters. The molecule has 1 heterocycles. The van der Waals surface area contributed by atoms with Crippen LogP contribution in [0.3, 0.4) is 0 Å². The molecule has 1 aromatic carbocycles. The van der Waals surface area contributed by atoms with Gasteiger partial charge in [0.25, 0.3) is 0 Å². The molecule has 1 saturated heterocycles. The number of nitrogens with one attached hydrogen (secondary N) is 2. The lowest BCUT2D eigenvalue weighted by molar-refractivity contribution is 0.248. The second-order valence-electron chi connectivity index (χ2n) is 3.98. The first-order valence-corrected chi connectivity index (χ1v) is 5.43. The third-order valence-electron chi connectivity index (χ3n) is 2.10. The lowest BCUT2D eigenvalue weighted by Crippen LogP contribution is -2.45. The minimum absolute atomic E-state index is 0.137. The molecular weight excluding hydrogens is 258 g/mol. The SMILES string of the molecule is CC1(C)NC(=O)N(c2ccc(Br)cc2)N1. The third kappa shape index (κ3) is 2.13. The van der Waals surface area contributed by atoms with Gasteiger partial charge in [-0.15, -0.1) is 0 Å². The lowest BCUT2D eigenvalue weighted by atomic mass is 10.3. The van der Waals surface area contributed by atoms with Gasteiger partial charge in [-0.2, -0.15) is 0 Å². The first-order valence-electron chi connectivity index (χ1n) is 4.64. The van der Waals surface area contributed by atoms with Crippen LogP contribution in [0.15, 0.2) is 28.7 Å². The summed E-state index contributed by atoms with van der Waals surface area (Å²) in [5, 5.41) is 4.33. The van der Waals surface area contributed by atoms with Gasteiger partial charge in [0, 0.05) is 4.47 Å². The average molecular weight is 270 g/mol. The van der Waals surface area contributed by atoms with Crippen molar-refractivity contribution < 1.29 is 4.79 Å². The minimum atomic E-state index is -0.399. The molecule has 0 aromatic heterocycles. The molecule has 2 N–H and O–H groups in total. The molecule has 0 bridgehead atoms. The van der Waals surface area contributed by atoms with Crippen molar-refractivity contribution in [2.24, 2.45) is 0 Å². The van der Waals surface area contributed by atoms with Gasteiger partial charge in [0.15, 0.2) is 0 Å². The Balaban J connectivity index is 2.25. The Morgan fingerprint density at radius 3 is 2.33 bits per heavy atom. The summed E-state index contributed by atoms with van der Waals surface area (Å²) in [5.41, 5.74) is 3.50. The predicted octanol–water partition coefficient (Wildman–Crippen LogP) is 2.22. The molecule has 80 valence electrons. The van der Waals surface area contributed by atoms with E-state index < -0.39 is 5.66 Å². The van der Waals surface area contributed by atoms with E-state index in [0.717, 1.165) is 10.2 Å². The van der Waals surface area contributed by atoms with Crippen LogP contribution in [0.5, 0.6) is 0 Å². The Labute approximate surface area is 96.7 Å². The van der Waals surface area contributed by atoms with Gasteiger partial charge in [-0.25, -0.2) is 15.2 Å². The van der Waals surface area contributed by atoms with Crippen molar-refractivity contribution in [1.29, 1.82) is 0 Å². The molecule has 1 aromatic rings. The first-order chi connectivity index (χ1) is 6.98. The first kappa shape index (κ1) is 10.4. The Morgan fingerprint density at radius 2 is 1.87 bits per heavy atom. The van der Waals surface area contributed by atoms with E-state index in [1.54, 1.807) is 0 Å². The van der Waals surface area contributed by atoms with Crippen LogP contribution in [0.1, 0.15) is 13.8 Å². The second kappa shape index (κ2) is 3.50. The molecule has 1 aliphatic heterocycles. The van der Waals surface area contributed by atoms with Crippen molar-refractivity contribution in [2.75, 3.05) is 5.01 Å². The van der Waals surface area contributed by atoms with Crippen LogP contribution in [0.2, 0.25) is 0 Å². The number of anilines is 1. The summed E-state index contributed by atoms with van der Waals surface area (Å²) in [5.74, 6) is 0. The van der Waals surface area contributed by atoms with E-state index in [4.69, 9.17) is 0 Å². The van der Waals surface area contributed by atoms with Crippen LogP contribution in [0, 0.1) is 0 Å². The van der Waals surface area contributed by atoms with E-state index in [1.807, 2.05) is 38.1 Å². The summed E-state index contributed by atoms with van der Waals surface area (Å²) in [7, 11) is 0. The third-order valence-corrected chi connectivity index (χ3v) is 2.63. The summed E-state index contributed by atoms with van der Waals surface area (Å²) in [6.45, 7) is 3.81. The van der Waals surface area contributed by atoms with Crippen molar-refractivity contribution in [2.45, 2.75) is 19.5 Å². The van der Waals surface area contributed by atoms with Gasteiger partial charge in [-0.1, -0.05) is 15.9 Å². The highest BCUT2D eigenvalue weighted by Crippen LogP contribution is 2.21. The Hall–Kier alpha value is -1.07. The van der Waals surface area contributed by atoms with E-state index >= 15 is 0 Å². The quantitative estimate of drug-likeness (QED) is 0.821. The van der Waals surface area contributed by atoms with Gasteiger partial charge < -0.3 is 5.32 Å². The molecule has 2 amide bonds. The predicted molar refractivity (Wildman–Crippen MR) is 62.4 cm³/mol. The van der Waals surface area contributed by atoms with Crippen molar-refractivity contribution >= 4 is 27.6 Å². The van der Waals surface area contributed by atoms with Gasteiger partial charge >= 0.3 is 6.03 Å². The zero-order valence-electron chi connectivity index (χ0n) is 8.54. The monoisotopic (exact) mass is 269 g/mol. The number of halogens is 1. The number of hydrazine groups is 1. The number of benzene rings is 1. The van der Waals surface area contributed by atoms with Gasteiger partial charge in [-0.05, 0) is 38.1 Å². The fourth-order valence-electron chi connectivity index (χ4n) is 1.45. The van der Waals surface area contributed by atoms with Crippen molar-refractivity contribution in [3.05, 3.63) is 28.7 Å². The number of carbonyl (C=O) groups excluding carboxylic acids is 1. The molecule has 0 radical (unpaired) electrons. The van der Waals surface area contributed by atoms with E-state index in [-0.39, 0.29) is 6.03 Å². The smallest absolute Gasteiger partial charge is 0.317 e. The number of carbonyl (C=O) groups is 1. The molecule has 0 aliphatic carbocycles. The molecule has 5 heteroatoms. The maximum absolute atomic E-state index is 11.6. The van der Waals surface area contributed by atoms with Crippen LogP contribution in [-0.2, 0) is 0 Å². The highest BCUT2D eigenvalue weighted by atomic mass is 79.9. The number of nitrogens with zero attached hydrogens (tertiary/aromatic N) is 1. The Bertz CT molecular complexity index is 388. The van der Waals surface area contributed by atoms with Crippen LogP contribution >= 0.6 is 15.9 Å². The zero-order valence-corrected chi connectivity index (χ0v) is 10.1. The Kier molecular flexibility index (Phi) is 2.44. The molecule has 0 saturated carbocycles. The van der Waals surface area contributed by atoms with E-state index in [0.29, 0.717) is 0 Å². The number of urea groups is 1. The van der Waals surface area contributed by atoms with Crippen LogP contribution in [0.4, 0.5) is 10.5 Å². The fourth-order valence-corrected chi connectivity index (χ4v) is 1.72. The molecule has 1 fully saturated rings. The minimum Gasteiger partial charge on any atom is -0.317 e. The van der Waals surface area contributed by atoms with Gasteiger partial charge in [0.1, 0.15) is 5.66 Å². The number of hydrogen-bond acceptors (Lipinski definition) is 2. The molecular formula is C10H12BrN3O. The van der Waals surface area contributed by atoms with Gasteiger partial charge in [0.2, 0.25) is 0 Å². The summed E-state index contributed by atoms with van der Waals surface area (Å²) < 4.78 is 0.991. The normalized spacial score (nSPS) is 19.1. The fraction of sp³-hybridized carbons (Fsp3) is 0.300. The number of amides is 2. The summed E-state index contributed by atoms with van der Waals surface area (Å²) in [6, 6.07) is 7.41. The lowest BCUT2D eigenvalue weighted by Gasteiger charge is -2.19. The standard InChI is InChI=1S/C10H12BrN3O/c1-10(2)12-9(15)14(13-10)8-5-3-7(11)4-6-8/h3-6,13H,1-2H3,(H,12,15). The summed E-state index contributed by atoms with van der Waals surface area (Å²) >= 11 is 3.35. The van der Waals surface area contributed by atoms with E-state index in [9.17, 15) is 4.79 Å². The molecule has 15 heavy (non-hydrogen) atoms. The Morgan fingerprint density at radius 1 is 1.27 bits per heavy atom. The van der Waals surface area contributed by atoms with Gasteiger partial charge in [-0.3, -0.25) is 0 Å². The maximum atomic E-state index is 11.6. The highest BCUT2D eigenvalue weighted by molar-refractivity contribution is 9.10. The molecule has 2 rings (SSSR count). The van der Waals surface area contributed by atoms with E-state index in [2.05, 4.69) is 26.7 Å². The van der Waals surface area contributed by atoms with Crippen molar-refractivity contribution in [1.82, 2.24) is 10.7 Å². The maximum Gasteiger partial charge on any atom is 0.338 e. The number of hydrogen-bond donors (Lipinski definition) is 2.